The third kappa shape index (κ3) is 5.81. The maximum atomic E-state index is 14.5. The molecule has 0 N–H and O–H groups in total. The first-order valence-corrected chi connectivity index (χ1v) is 18.2. The van der Waals surface area contributed by atoms with Gasteiger partial charge in [-0.15, -0.1) is 11.3 Å². The van der Waals surface area contributed by atoms with Crippen LogP contribution in [0.5, 0.6) is 0 Å². The highest BCUT2D eigenvalue weighted by atomic mass is 32.2. The van der Waals surface area contributed by atoms with Gasteiger partial charge in [0.15, 0.2) is 26.6 Å². The molecule has 1 atom stereocenters. The molecule has 1 aliphatic rings. The second kappa shape index (κ2) is 12.0. The van der Waals surface area contributed by atoms with Crippen molar-refractivity contribution in [3.63, 3.8) is 0 Å². The molecule has 7 rings (SSSR count). The molecule has 0 unspecified atom stereocenters. The Morgan fingerprint density at radius 3 is 2.40 bits per heavy atom. The van der Waals surface area contributed by atoms with Gasteiger partial charge < -0.3 is 9.42 Å². The molecule has 0 spiro atoms. The van der Waals surface area contributed by atoms with Crippen LogP contribution in [0.1, 0.15) is 53.0 Å². The first-order valence-electron chi connectivity index (χ1n) is 15.4. The van der Waals surface area contributed by atoms with Crippen LogP contribution in [-0.2, 0) is 20.4 Å². The summed E-state index contributed by atoms with van der Waals surface area (Å²) in [6.07, 6.45) is 2.61. The van der Waals surface area contributed by atoms with E-state index >= 15 is 0 Å². The van der Waals surface area contributed by atoms with Gasteiger partial charge in [0.05, 0.1) is 34.2 Å². The second-order valence-electron chi connectivity index (χ2n) is 12.1. The van der Waals surface area contributed by atoms with Gasteiger partial charge in [0, 0.05) is 40.4 Å². The van der Waals surface area contributed by atoms with Crippen LogP contribution in [0.3, 0.4) is 0 Å². The van der Waals surface area contributed by atoms with Crippen molar-refractivity contribution in [2.45, 2.75) is 51.8 Å². The summed E-state index contributed by atoms with van der Waals surface area (Å²) in [5.74, 6) is -1.07. The number of halogens is 2. The van der Waals surface area contributed by atoms with Crippen molar-refractivity contribution in [2.24, 2.45) is 0 Å². The number of carbonyl (C=O) groups is 1. The fourth-order valence-corrected chi connectivity index (χ4v) is 8.21. The largest absolute Gasteiger partial charge is 0.361 e. The SMILES string of the molecule is Cc1noc(C)c1-c1ccc2c(c1)nc([C@@H]1CCCC(=O)N1c1ccc(F)c(F)c1)n2-c1nc(-c2ccc(CS(C)(=O)=O)cc2)c(C)s1. The molecule has 1 aliphatic heterocycles. The van der Waals surface area contributed by atoms with Gasteiger partial charge in [-0.2, -0.15) is 0 Å². The molecular weight excluding hydrogens is 657 g/mol. The Morgan fingerprint density at radius 1 is 0.958 bits per heavy atom. The molecule has 1 fully saturated rings. The van der Waals surface area contributed by atoms with Crippen LogP contribution >= 0.6 is 11.3 Å². The molecule has 246 valence electrons. The average Bonchev–Trinajstić information content (AvgIpc) is 3.71. The van der Waals surface area contributed by atoms with E-state index in [-0.39, 0.29) is 23.8 Å². The van der Waals surface area contributed by atoms with Crippen LogP contribution in [0, 0.1) is 32.4 Å². The minimum absolute atomic E-state index is 0.0521. The lowest BCUT2D eigenvalue weighted by atomic mass is 9.99. The molecule has 0 radical (unpaired) electrons. The number of fused-ring (bicyclic) bond motifs is 1. The molecule has 3 aromatic carbocycles. The quantitative estimate of drug-likeness (QED) is 0.168. The zero-order valence-electron chi connectivity index (χ0n) is 26.6. The van der Waals surface area contributed by atoms with Crippen LogP contribution in [0.25, 0.3) is 38.5 Å². The molecule has 13 heteroatoms. The van der Waals surface area contributed by atoms with Gasteiger partial charge in [-0.1, -0.05) is 35.5 Å². The minimum Gasteiger partial charge on any atom is -0.361 e. The summed E-state index contributed by atoms with van der Waals surface area (Å²) in [7, 11) is -3.18. The number of amides is 1. The van der Waals surface area contributed by atoms with Crippen molar-refractivity contribution in [3.05, 3.63) is 100 Å². The summed E-state index contributed by atoms with van der Waals surface area (Å²) in [5, 5.41) is 4.72. The molecule has 3 aromatic heterocycles. The molecule has 0 saturated carbocycles. The summed E-state index contributed by atoms with van der Waals surface area (Å²) in [6, 6.07) is 16.1. The van der Waals surface area contributed by atoms with E-state index in [0.29, 0.717) is 40.6 Å². The summed E-state index contributed by atoms with van der Waals surface area (Å²) in [5.41, 5.74) is 6.41. The van der Waals surface area contributed by atoms with E-state index in [1.54, 1.807) is 12.1 Å². The standard InChI is InChI=1S/C35H31F2N5O4S2/c1-19-32(20(2)46-40-19)24-12-15-29-28(16-24)38-34(30-6-5-7-31(43)41(30)25-13-14-26(36)27(37)17-25)42(29)35-39-33(21(3)47-35)23-10-8-22(9-11-23)18-48(4,44)45/h8-17,30H,5-7,18H2,1-4H3/t30-/m0/s1. The van der Waals surface area contributed by atoms with Gasteiger partial charge in [0.1, 0.15) is 11.6 Å². The van der Waals surface area contributed by atoms with Crippen LogP contribution in [0.4, 0.5) is 14.5 Å². The highest BCUT2D eigenvalue weighted by molar-refractivity contribution is 7.89. The lowest BCUT2D eigenvalue weighted by Gasteiger charge is -2.35. The molecule has 9 nitrogen and oxygen atoms in total. The van der Waals surface area contributed by atoms with Crippen molar-refractivity contribution in [2.75, 3.05) is 11.2 Å². The van der Waals surface area contributed by atoms with Crippen molar-refractivity contribution in [1.29, 1.82) is 0 Å². The lowest BCUT2D eigenvalue weighted by molar-refractivity contribution is -0.120. The number of anilines is 1. The number of aryl methyl sites for hydroxylation is 3. The highest BCUT2D eigenvalue weighted by Crippen LogP contribution is 2.41. The number of hydrogen-bond donors (Lipinski definition) is 0. The van der Waals surface area contributed by atoms with E-state index < -0.39 is 27.5 Å². The predicted molar refractivity (Wildman–Crippen MR) is 181 cm³/mol. The average molecular weight is 688 g/mol. The molecule has 4 heterocycles. The number of nitrogens with zero attached hydrogens (tertiary/aromatic N) is 5. The van der Waals surface area contributed by atoms with Crippen molar-refractivity contribution >= 4 is 43.8 Å². The van der Waals surface area contributed by atoms with E-state index in [1.165, 1.54) is 28.6 Å². The van der Waals surface area contributed by atoms with Crippen LogP contribution in [0.15, 0.2) is 65.2 Å². The summed E-state index contributed by atoms with van der Waals surface area (Å²) >= 11 is 1.46. The Hall–Kier alpha value is -4.75. The Kier molecular flexibility index (Phi) is 7.99. The van der Waals surface area contributed by atoms with E-state index in [9.17, 15) is 22.0 Å². The molecule has 0 aliphatic carbocycles. The van der Waals surface area contributed by atoms with Crippen LogP contribution in [0.2, 0.25) is 0 Å². The Labute approximate surface area is 279 Å². The number of piperidine rings is 1. The molecule has 6 aromatic rings. The first-order chi connectivity index (χ1) is 22.9. The maximum absolute atomic E-state index is 14.5. The summed E-state index contributed by atoms with van der Waals surface area (Å²) in [6.45, 7) is 5.69. The van der Waals surface area contributed by atoms with Gasteiger partial charge in [-0.3, -0.25) is 9.36 Å². The minimum atomic E-state index is -3.18. The zero-order valence-corrected chi connectivity index (χ0v) is 28.3. The third-order valence-electron chi connectivity index (χ3n) is 8.56. The number of carbonyl (C=O) groups excluding carboxylic acids is 1. The number of sulfone groups is 1. The number of rotatable bonds is 7. The van der Waals surface area contributed by atoms with Crippen molar-refractivity contribution in [1.82, 2.24) is 19.7 Å². The normalized spacial score (nSPS) is 15.5. The molecule has 1 amide bonds. The monoisotopic (exact) mass is 687 g/mol. The summed E-state index contributed by atoms with van der Waals surface area (Å²) < 4.78 is 59.4. The number of hydrogen-bond acceptors (Lipinski definition) is 8. The van der Waals surface area contributed by atoms with Crippen LogP contribution in [-0.4, -0.2) is 40.3 Å². The molecule has 0 bridgehead atoms. The van der Waals surface area contributed by atoms with E-state index in [4.69, 9.17) is 14.5 Å². The van der Waals surface area contributed by atoms with E-state index in [1.807, 2.05) is 55.7 Å². The maximum Gasteiger partial charge on any atom is 0.227 e. The van der Waals surface area contributed by atoms with Gasteiger partial charge in [0.25, 0.3) is 0 Å². The predicted octanol–water partition coefficient (Wildman–Crippen LogP) is 7.81. The highest BCUT2D eigenvalue weighted by Gasteiger charge is 2.35. The van der Waals surface area contributed by atoms with Gasteiger partial charge >= 0.3 is 0 Å². The fraction of sp³-hybridized carbons (Fsp3) is 0.257. The number of aromatic nitrogens is 4. The second-order valence-corrected chi connectivity index (χ2v) is 15.5. The summed E-state index contributed by atoms with van der Waals surface area (Å²) in [4.78, 5) is 26.1. The van der Waals surface area contributed by atoms with Crippen molar-refractivity contribution < 1.29 is 26.5 Å². The Morgan fingerprint density at radius 2 is 1.71 bits per heavy atom. The Balaban J connectivity index is 1.40. The van der Waals surface area contributed by atoms with E-state index in [2.05, 4.69) is 5.16 Å². The third-order valence-corrected chi connectivity index (χ3v) is 10.4. The van der Waals surface area contributed by atoms with E-state index in [0.717, 1.165) is 50.6 Å². The Bertz CT molecular complexity index is 2310. The molecule has 48 heavy (non-hydrogen) atoms. The van der Waals surface area contributed by atoms with Crippen molar-refractivity contribution in [3.8, 4) is 27.5 Å². The zero-order chi connectivity index (χ0) is 33.9. The number of thiazole rings is 1. The first kappa shape index (κ1) is 31.8. The number of imidazole rings is 1. The van der Waals surface area contributed by atoms with Gasteiger partial charge in [0.2, 0.25) is 5.91 Å². The molecule has 1 saturated heterocycles. The topological polar surface area (TPSA) is 111 Å². The smallest absolute Gasteiger partial charge is 0.227 e. The van der Waals surface area contributed by atoms with Gasteiger partial charge in [-0.05, 0) is 69.0 Å². The van der Waals surface area contributed by atoms with Crippen LogP contribution < -0.4 is 4.90 Å². The van der Waals surface area contributed by atoms with Gasteiger partial charge in [-0.25, -0.2) is 27.2 Å². The fourth-order valence-electron chi connectivity index (χ4n) is 6.45. The molecular formula is C35H31F2N5O4S2. The lowest BCUT2D eigenvalue weighted by Crippen LogP contribution is -2.39. The number of benzene rings is 3.